The van der Waals surface area contributed by atoms with Gasteiger partial charge in [0.25, 0.3) is 5.69 Å². The largest absolute Gasteiger partial charge is 0.349 e. The van der Waals surface area contributed by atoms with Crippen molar-refractivity contribution in [1.82, 2.24) is 4.57 Å². The lowest BCUT2D eigenvalue weighted by Crippen LogP contribution is -1.99. The second-order valence-corrected chi connectivity index (χ2v) is 4.57. The Morgan fingerprint density at radius 3 is 2.68 bits per heavy atom. The molecule has 1 aromatic heterocycles. The minimum atomic E-state index is -0.487. The van der Waals surface area contributed by atoms with Gasteiger partial charge in [0.05, 0.1) is 9.95 Å². The number of halogens is 1. The third-order valence-electron chi connectivity index (χ3n) is 2.76. The highest BCUT2D eigenvalue weighted by atomic mass is 35.5. The molecule has 0 radical (unpaired) electrons. The average Bonchev–Trinajstić information content (AvgIpc) is 2.80. The highest BCUT2D eigenvalue weighted by Crippen LogP contribution is 2.23. The Morgan fingerprint density at radius 2 is 2.16 bits per heavy atom. The van der Waals surface area contributed by atoms with Crippen molar-refractivity contribution in [3.05, 3.63) is 62.9 Å². The number of hydrogen-bond acceptors (Lipinski definition) is 3. The molecule has 1 heterocycles. The van der Waals surface area contributed by atoms with Crippen LogP contribution in [0.2, 0.25) is 5.02 Å². The van der Waals surface area contributed by atoms with Gasteiger partial charge in [-0.15, -0.1) is 0 Å². The molecule has 5 nitrogen and oxygen atoms in total. The molecule has 0 bridgehead atoms. The Hall–Kier alpha value is -2.14. The van der Waals surface area contributed by atoms with Crippen LogP contribution in [0.3, 0.4) is 0 Å². The molecule has 0 N–H and O–H groups in total. The van der Waals surface area contributed by atoms with Crippen molar-refractivity contribution in [3.63, 3.8) is 0 Å². The minimum Gasteiger partial charge on any atom is -0.349 e. The van der Waals surface area contributed by atoms with Crippen molar-refractivity contribution >= 4 is 23.1 Å². The second kappa shape index (κ2) is 5.24. The summed E-state index contributed by atoms with van der Waals surface area (Å²) in [6.45, 7) is 1.96. The number of ketones is 1. The molecular weight excluding hydrogens is 268 g/mol. The summed E-state index contributed by atoms with van der Waals surface area (Å²) >= 11 is 6.01. The van der Waals surface area contributed by atoms with Gasteiger partial charge in [0.2, 0.25) is 0 Å². The van der Waals surface area contributed by atoms with E-state index in [1.54, 1.807) is 24.5 Å². The highest BCUT2D eigenvalue weighted by Gasteiger charge is 2.10. The van der Waals surface area contributed by atoms with E-state index in [0.29, 0.717) is 17.1 Å². The number of carbonyl (C=O) groups excluding carboxylic acids is 1. The molecule has 2 rings (SSSR count). The van der Waals surface area contributed by atoms with Crippen LogP contribution in [0.4, 0.5) is 5.69 Å². The molecule has 19 heavy (non-hydrogen) atoms. The summed E-state index contributed by atoms with van der Waals surface area (Å²) in [4.78, 5) is 21.3. The van der Waals surface area contributed by atoms with Gasteiger partial charge in [-0.3, -0.25) is 14.9 Å². The van der Waals surface area contributed by atoms with Crippen molar-refractivity contribution in [3.8, 4) is 0 Å². The first-order valence-corrected chi connectivity index (χ1v) is 5.94. The monoisotopic (exact) mass is 278 g/mol. The summed E-state index contributed by atoms with van der Waals surface area (Å²) in [5, 5.41) is 10.9. The minimum absolute atomic E-state index is 0.00598. The highest BCUT2D eigenvalue weighted by molar-refractivity contribution is 6.31. The van der Waals surface area contributed by atoms with Crippen molar-refractivity contribution in [1.29, 1.82) is 0 Å². The van der Waals surface area contributed by atoms with Crippen LogP contribution < -0.4 is 0 Å². The Morgan fingerprint density at radius 1 is 1.42 bits per heavy atom. The van der Waals surface area contributed by atoms with Gasteiger partial charge in [-0.25, -0.2) is 0 Å². The topological polar surface area (TPSA) is 65.1 Å². The molecule has 6 heteroatoms. The van der Waals surface area contributed by atoms with Crippen LogP contribution in [-0.4, -0.2) is 15.3 Å². The van der Waals surface area contributed by atoms with Crippen LogP contribution in [0, 0.1) is 10.1 Å². The predicted molar refractivity (Wildman–Crippen MR) is 71.6 cm³/mol. The molecule has 0 unspecified atom stereocenters. The van der Waals surface area contributed by atoms with Gasteiger partial charge in [0.1, 0.15) is 0 Å². The molecule has 0 spiro atoms. The van der Waals surface area contributed by atoms with Gasteiger partial charge in [-0.2, -0.15) is 0 Å². The lowest BCUT2D eigenvalue weighted by Gasteiger charge is -2.05. The number of rotatable bonds is 4. The van der Waals surface area contributed by atoms with Crippen LogP contribution in [0.15, 0.2) is 36.7 Å². The molecule has 0 atom stereocenters. The first kappa shape index (κ1) is 13.3. The number of non-ortho nitro benzene ring substituents is 1. The van der Waals surface area contributed by atoms with Crippen molar-refractivity contribution in [2.75, 3.05) is 0 Å². The molecule has 0 aliphatic carbocycles. The third kappa shape index (κ3) is 3.00. The van der Waals surface area contributed by atoms with E-state index < -0.39 is 4.92 Å². The fourth-order valence-corrected chi connectivity index (χ4v) is 1.96. The fourth-order valence-electron chi connectivity index (χ4n) is 1.72. The van der Waals surface area contributed by atoms with Crippen LogP contribution in [0.5, 0.6) is 0 Å². The summed E-state index contributed by atoms with van der Waals surface area (Å²) in [7, 11) is 0. The van der Waals surface area contributed by atoms with E-state index in [4.69, 9.17) is 11.6 Å². The van der Waals surface area contributed by atoms with E-state index in [-0.39, 0.29) is 11.5 Å². The smallest absolute Gasteiger partial charge is 0.270 e. The number of aromatic nitrogens is 1. The Labute approximate surface area is 114 Å². The summed E-state index contributed by atoms with van der Waals surface area (Å²) in [5.41, 5.74) is 1.35. The van der Waals surface area contributed by atoms with Gasteiger partial charge in [0.15, 0.2) is 5.78 Å². The number of hydrogen-bond donors (Lipinski definition) is 0. The van der Waals surface area contributed by atoms with E-state index in [0.717, 1.165) is 5.56 Å². The fraction of sp³-hybridized carbons (Fsp3) is 0.154. The lowest BCUT2D eigenvalue weighted by molar-refractivity contribution is -0.384. The van der Waals surface area contributed by atoms with Crippen molar-refractivity contribution < 1.29 is 9.72 Å². The maximum Gasteiger partial charge on any atom is 0.270 e. The number of nitrogens with zero attached hydrogens (tertiary/aromatic N) is 2. The maximum atomic E-state index is 11.2. The maximum absolute atomic E-state index is 11.2. The molecule has 0 aliphatic rings. The van der Waals surface area contributed by atoms with Gasteiger partial charge in [-0.05, 0) is 24.6 Å². The van der Waals surface area contributed by atoms with Crippen molar-refractivity contribution in [2.45, 2.75) is 13.5 Å². The number of benzene rings is 1. The zero-order valence-electron chi connectivity index (χ0n) is 10.2. The molecule has 0 amide bonds. The number of carbonyl (C=O) groups is 1. The molecule has 0 saturated heterocycles. The lowest BCUT2D eigenvalue weighted by atomic mass is 10.2. The van der Waals surface area contributed by atoms with Gasteiger partial charge in [0, 0.05) is 36.6 Å². The van der Waals surface area contributed by atoms with Gasteiger partial charge < -0.3 is 4.57 Å². The van der Waals surface area contributed by atoms with Gasteiger partial charge >= 0.3 is 0 Å². The molecular formula is C13H11ClN2O3. The Balaban J connectivity index is 2.23. The molecule has 0 aliphatic heterocycles. The molecule has 0 saturated carbocycles. The Bertz CT molecular complexity index is 649. The summed E-state index contributed by atoms with van der Waals surface area (Å²) < 4.78 is 1.81. The standard InChI is InChI=1S/C13H11ClN2O3/c1-9(17)10-4-5-15(7-10)8-11-2-3-12(16(18)19)6-13(11)14/h2-7H,8H2,1H3. The quantitative estimate of drug-likeness (QED) is 0.490. The summed E-state index contributed by atoms with van der Waals surface area (Å²) in [5.74, 6) is -0.00598. The average molecular weight is 279 g/mol. The number of nitro groups is 1. The second-order valence-electron chi connectivity index (χ2n) is 4.16. The van der Waals surface area contributed by atoms with Gasteiger partial charge in [-0.1, -0.05) is 11.6 Å². The molecule has 1 aromatic carbocycles. The van der Waals surface area contributed by atoms with E-state index in [9.17, 15) is 14.9 Å². The first-order chi connectivity index (χ1) is 8.97. The number of Topliss-reactive ketones (excluding diaryl/α,β-unsaturated/α-hetero) is 1. The van der Waals surface area contributed by atoms with Crippen LogP contribution in [0.1, 0.15) is 22.8 Å². The van der Waals surface area contributed by atoms with Crippen LogP contribution >= 0.6 is 11.6 Å². The van der Waals surface area contributed by atoms with E-state index in [1.807, 2.05) is 4.57 Å². The molecule has 98 valence electrons. The van der Waals surface area contributed by atoms with Crippen LogP contribution in [0.25, 0.3) is 0 Å². The van der Waals surface area contributed by atoms with E-state index in [2.05, 4.69) is 0 Å². The Kier molecular flexibility index (Phi) is 3.66. The number of nitro benzene ring substituents is 1. The third-order valence-corrected chi connectivity index (χ3v) is 3.11. The summed E-state index contributed by atoms with van der Waals surface area (Å²) in [6, 6.07) is 6.08. The SMILES string of the molecule is CC(=O)c1ccn(Cc2ccc([N+](=O)[O-])cc2Cl)c1. The van der Waals surface area contributed by atoms with Crippen LogP contribution in [-0.2, 0) is 6.54 Å². The van der Waals surface area contributed by atoms with E-state index in [1.165, 1.54) is 19.1 Å². The van der Waals surface area contributed by atoms with Crippen molar-refractivity contribution in [2.24, 2.45) is 0 Å². The summed E-state index contributed by atoms with van der Waals surface area (Å²) in [6.07, 6.45) is 3.49. The zero-order chi connectivity index (χ0) is 14.0. The molecule has 2 aromatic rings. The zero-order valence-corrected chi connectivity index (χ0v) is 10.9. The molecule has 0 fully saturated rings. The van der Waals surface area contributed by atoms with E-state index >= 15 is 0 Å². The predicted octanol–water partition coefficient (Wildman–Crippen LogP) is 3.30. The first-order valence-electron chi connectivity index (χ1n) is 5.57. The normalized spacial score (nSPS) is 10.4.